The fourth-order valence-corrected chi connectivity index (χ4v) is 4.56. The van der Waals surface area contributed by atoms with E-state index in [4.69, 9.17) is 28.2 Å². The third-order valence-electron chi connectivity index (χ3n) is 5.50. The minimum atomic E-state index is -1.08. The highest BCUT2D eigenvalue weighted by molar-refractivity contribution is 6.36. The third-order valence-corrected chi connectivity index (χ3v) is 6.05. The third kappa shape index (κ3) is 3.50. The quantitative estimate of drug-likeness (QED) is 0.639. The number of carbonyl (C=O) groups is 2. The molecule has 2 heterocycles. The van der Waals surface area contributed by atoms with E-state index in [2.05, 4.69) is 5.32 Å². The number of hydrogen-bond donors (Lipinski definition) is 1. The number of hydrogen-bond acceptors (Lipinski definition) is 3. The van der Waals surface area contributed by atoms with Gasteiger partial charge in [0.15, 0.2) is 0 Å². The second kappa shape index (κ2) is 7.84. The topological polar surface area (TPSA) is 61.8 Å². The molecule has 1 N–H and O–H groups in total. The van der Waals surface area contributed by atoms with E-state index in [0.717, 1.165) is 28.8 Å². The molecule has 7 heteroatoms. The fourth-order valence-electron chi connectivity index (χ4n) is 4.06. The van der Waals surface area contributed by atoms with Gasteiger partial charge in [0.25, 0.3) is 11.8 Å². The number of para-hydroxylation sites is 1. The number of halogens is 2. The number of anilines is 1. The molecule has 0 bridgehead atoms. The smallest absolute Gasteiger partial charge is 0.272 e. The van der Waals surface area contributed by atoms with Crippen molar-refractivity contribution in [1.82, 2.24) is 5.32 Å². The molecule has 31 heavy (non-hydrogen) atoms. The van der Waals surface area contributed by atoms with Crippen LogP contribution in [0.25, 0.3) is 0 Å². The molecule has 0 fully saturated rings. The lowest BCUT2D eigenvalue weighted by atomic mass is 9.98. The van der Waals surface area contributed by atoms with Crippen LogP contribution in [0.3, 0.4) is 0 Å². The summed E-state index contributed by atoms with van der Waals surface area (Å²) in [4.78, 5) is 32.8. The van der Waals surface area contributed by atoms with Crippen molar-refractivity contribution in [2.75, 3.05) is 11.4 Å². The van der Waals surface area contributed by atoms with E-state index in [1.807, 2.05) is 48.5 Å². The predicted octanol–water partition coefficient (Wildman–Crippen LogP) is 4.49. The maximum Gasteiger partial charge on any atom is 0.272 e. The lowest BCUT2D eigenvalue weighted by Crippen LogP contribution is -2.47. The van der Waals surface area contributed by atoms with Gasteiger partial charge >= 0.3 is 0 Å². The molecule has 0 radical (unpaired) electrons. The summed E-state index contributed by atoms with van der Waals surface area (Å²) >= 11 is 12.1. The van der Waals surface area contributed by atoms with Gasteiger partial charge in [0.05, 0.1) is 22.0 Å². The number of nitrogens with zero attached hydrogens (tertiary/aromatic N) is 2. The Kier molecular flexibility index (Phi) is 5.00. The number of aliphatic imine (C=N–C) groups is 1. The molecule has 0 aromatic heterocycles. The largest absolute Gasteiger partial charge is 0.322 e. The molecule has 2 aliphatic heterocycles. The zero-order chi connectivity index (χ0) is 21.5. The van der Waals surface area contributed by atoms with Gasteiger partial charge in [0.2, 0.25) is 6.17 Å². The molecule has 0 saturated heterocycles. The summed E-state index contributed by atoms with van der Waals surface area (Å²) in [6.07, 6.45) is -0.312. The molecule has 0 saturated carbocycles. The van der Waals surface area contributed by atoms with Crippen molar-refractivity contribution >= 4 is 46.4 Å². The van der Waals surface area contributed by atoms with Crippen LogP contribution in [0.2, 0.25) is 10.0 Å². The highest BCUT2D eigenvalue weighted by Crippen LogP contribution is 2.36. The molecule has 2 aliphatic rings. The number of amides is 2. The average molecular weight is 450 g/mol. The summed E-state index contributed by atoms with van der Waals surface area (Å²) in [5, 5.41) is 3.40. The van der Waals surface area contributed by atoms with Gasteiger partial charge in [-0.2, -0.15) is 0 Å². The van der Waals surface area contributed by atoms with Crippen molar-refractivity contribution in [2.45, 2.75) is 12.6 Å². The van der Waals surface area contributed by atoms with Crippen molar-refractivity contribution in [1.29, 1.82) is 0 Å². The molecule has 0 spiro atoms. The second-order valence-electron chi connectivity index (χ2n) is 7.40. The molecule has 3 aromatic rings. The number of rotatable bonds is 3. The summed E-state index contributed by atoms with van der Waals surface area (Å²) in [6, 6.07) is 20.3. The Morgan fingerprint density at radius 2 is 1.84 bits per heavy atom. The van der Waals surface area contributed by atoms with Crippen LogP contribution in [0.1, 0.15) is 27.0 Å². The van der Waals surface area contributed by atoms with Gasteiger partial charge < -0.3 is 10.2 Å². The van der Waals surface area contributed by atoms with Gasteiger partial charge in [-0.15, -0.1) is 0 Å². The van der Waals surface area contributed by atoms with Crippen molar-refractivity contribution < 1.29 is 9.59 Å². The van der Waals surface area contributed by atoms with Crippen LogP contribution in [0.15, 0.2) is 71.7 Å². The fraction of sp³-hybridized carbons (Fsp3) is 0.125. The molecule has 5 nitrogen and oxygen atoms in total. The van der Waals surface area contributed by atoms with Crippen LogP contribution in [0.4, 0.5) is 5.69 Å². The summed E-state index contributed by atoms with van der Waals surface area (Å²) in [5.41, 5.74) is 4.64. The van der Waals surface area contributed by atoms with Gasteiger partial charge in [-0.1, -0.05) is 71.7 Å². The highest BCUT2D eigenvalue weighted by Gasteiger charge is 2.37. The van der Waals surface area contributed by atoms with Crippen molar-refractivity contribution in [2.24, 2.45) is 4.99 Å². The van der Waals surface area contributed by atoms with Crippen LogP contribution in [0.5, 0.6) is 0 Å². The monoisotopic (exact) mass is 449 g/mol. The molecule has 0 aliphatic carbocycles. The average Bonchev–Trinajstić information content (AvgIpc) is 3.16. The van der Waals surface area contributed by atoms with Crippen LogP contribution in [-0.4, -0.2) is 30.2 Å². The van der Waals surface area contributed by atoms with E-state index in [1.54, 1.807) is 11.0 Å². The van der Waals surface area contributed by atoms with Crippen LogP contribution in [0, 0.1) is 0 Å². The van der Waals surface area contributed by atoms with Gasteiger partial charge in [-0.3, -0.25) is 9.59 Å². The molecular formula is C24H17Cl2N3O2. The molecule has 154 valence electrons. The lowest BCUT2D eigenvalue weighted by molar-refractivity contribution is -0.120. The van der Waals surface area contributed by atoms with Crippen LogP contribution < -0.4 is 10.2 Å². The second-order valence-corrected chi connectivity index (χ2v) is 8.24. The van der Waals surface area contributed by atoms with Gasteiger partial charge in [-0.25, -0.2) is 4.99 Å². The predicted molar refractivity (Wildman–Crippen MR) is 122 cm³/mol. The van der Waals surface area contributed by atoms with Gasteiger partial charge in [0.1, 0.15) is 0 Å². The van der Waals surface area contributed by atoms with E-state index in [-0.39, 0.29) is 16.5 Å². The van der Waals surface area contributed by atoms with Crippen LogP contribution in [-0.2, 0) is 11.2 Å². The first-order chi connectivity index (χ1) is 15.0. The molecule has 2 amide bonds. The molecular weight excluding hydrogens is 433 g/mol. The number of carbonyl (C=O) groups excluding carboxylic acids is 2. The van der Waals surface area contributed by atoms with Crippen molar-refractivity contribution in [3.8, 4) is 0 Å². The Bertz CT molecular complexity index is 1240. The Hall–Kier alpha value is -3.15. The first-order valence-corrected chi connectivity index (χ1v) is 10.6. The first-order valence-electron chi connectivity index (χ1n) is 9.86. The molecule has 0 unspecified atom stereocenters. The van der Waals surface area contributed by atoms with Crippen LogP contribution >= 0.6 is 23.2 Å². The van der Waals surface area contributed by atoms with E-state index >= 15 is 0 Å². The zero-order valence-corrected chi connectivity index (χ0v) is 17.8. The first kappa shape index (κ1) is 19.8. The van der Waals surface area contributed by atoms with Crippen molar-refractivity contribution in [3.05, 3.63) is 99.0 Å². The minimum Gasteiger partial charge on any atom is -0.322 e. The minimum absolute atomic E-state index is 0.213. The summed E-state index contributed by atoms with van der Waals surface area (Å²) in [6.45, 7) is 0.552. The van der Waals surface area contributed by atoms with Gasteiger partial charge in [0, 0.05) is 22.7 Å². The Morgan fingerprint density at radius 1 is 1.03 bits per heavy atom. The summed E-state index contributed by atoms with van der Waals surface area (Å²) in [7, 11) is 0. The van der Waals surface area contributed by atoms with E-state index < -0.39 is 12.1 Å². The maximum absolute atomic E-state index is 13.4. The normalized spacial score (nSPS) is 17.1. The van der Waals surface area contributed by atoms with E-state index in [9.17, 15) is 9.59 Å². The number of benzene rings is 3. The standard InChI is InChI=1S/C24H17Cl2N3O2/c25-16-9-10-17(19(26)13-16)23(30)28-22-24(31)29-12-11-15-7-4-8-18(21(15)29)20(27-22)14-5-2-1-3-6-14/h1-10,13,22H,11-12H2,(H,28,30)/t22-/m0/s1. The lowest BCUT2D eigenvalue weighted by Gasteiger charge is -2.21. The number of nitrogens with one attached hydrogen (secondary N) is 1. The molecule has 3 aromatic carbocycles. The van der Waals surface area contributed by atoms with E-state index in [1.165, 1.54) is 12.1 Å². The zero-order valence-electron chi connectivity index (χ0n) is 16.3. The Labute approximate surface area is 189 Å². The maximum atomic E-state index is 13.4. The van der Waals surface area contributed by atoms with E-state index in [0.29, 0.717) is 17.3 Å². The summed E-state index contributed by atoms with van der Waals surface area (Å²) in [5.74, 6) is -0.753. The SMILES string of the molecule is O=C(N[C@@H]1N=C(c2ccccc2)c2cccc3c2N(CC3)C1=O)c1ccc(Cl)cc1Cl. The van der Waals surface area contributed by atoms with Gasteiger partial charge in [-0.05, 0) is 30.2 Å². The molecule has 1 atom stereocenters. The Morgan fingerprint density at radius 3 is 2.61 bits per heavy atom. The highest BCUT2D eigenvalue weighted by atomic mass is 35.5. The molecule has 5 rings (SSSR count). The Balaban J connectivity index is 1.60. The summed E-state index contributed by atoms with van der Waals surface area (Å²) < 4.78 is 0. The van der Waals surface area contributed by atoms with Crippen molar-refractivity contribution in [3.63, 3.8) is 0 Å².